The molecule has 1 aromatic carbocycles. The van der Waals surface area contributed by atoms with Crippen LogP contribution in [-0.4, -0.2) is 26.8 Å². The molecule has 2 N–H and O–H groups in total. The molecule has 25 heavy (non-hydrogen) atoms. The molecule has 0 radical (unpaired) electrons. The fourth-order valence-corrected chi connectivity index (χ4v) is 3.50. The highest BCUT2D eigenvalue weighted by atomic mass is 16.4. The zero-order valence-electron chi connectivity index (χ0n) is 14.3. The Morgan fingerprint density at radius 3 is 2.76 bits per heavy atom. The molecular formula is C19H23N3O3. The fourth-order valence-electron chi connectivity index (χ4n) is 3.50. The van der Waals surface area contributed by atoms with Gasteiger partial charge in [-0.3, -0.25) is 14.3 Å². The molecule has 6 heteroatoms. The van der Waals surface area contributed by atoms with Crippen molar-refractivity contribution in [2.75, 3.05) is 0 Å². The number of carboxylic acid groups (broad SMARTS) is 1. The van der Waals surface area contributed by atoms with Crippen LogP contribution in [0.1, 0.15) is 31.2 Å². The van der Waals surface area contributed by atoms with Gasteiger partial charge < -0.3 is 10.4 Å². The van der Waals surface area contributed by atoms with Gasteiger partial charge in [0, 0.05) is 31.3 Å². The summed E-state index contributed by atoms with van der Waals surface area (Å²) in [6.45, 7) is 0.429. The molecule has 2 unspecified atom stereocenters. The second-order valence-corrected chi connectivity index (χ2v) is 6.68. The lowest BCUT2D eigenvalue weighted by Gasteiger charge is -2.25. The van der Waals surface area contributed by atoms with Crippen LogP contribution in [-0.2, 0) is 23.2 Å². The van der Waals surface area contributed by atoms with Crippen LogP contribution in [0.15, 0.2) is 36.7 Å². The molecule has 2 atom stereocenters. The van der Waals surface area contributed by atoms with Crippen molar-refractivity contribution in [1.29, 1.82) is 0 Å². The van der Waals surface area contributed by atoms with Crippen LogP contribution in [0, 0.1) is 11.8 Å². The Balaban J connectivity index is 1.66. The summed E-state index contributed by atoms with van der Waals surface area (Å²) in [5.41, 5.74) is 3.08. The topological polar surface area (TPSA) is 84.2 Å². The Kier molecular flexibility index (Phi) is 5.16. The van der Waals surface area contributed by atoms with Crippen molar-refractivity contribution < 1.29 is 14.7 Å². The van der Waals surface area contributed by atoms with Gasteiger partial charge in [0.15, 0.2) is 0 Å². The molecule has 6 nitrogen and oxygen atoms in total. The highest BCUT2D eigenvalue weighted by molar-refractivity contribution is 5.80. The smallest absolute Gasteiger partial charge is 0.306 e. The summed E-state index contributed by atoms with van der Waals surface area (Å²) < 4.78 is 1.75. The maximum atomic E-state index is 12.5. The van der Waals surface area contributed by atoms with Crippen molar-refractivity contribution in [3.05, 3.63) is 42.2 Å². The van der Waals surface area contributed by atoms with Crippen molar-refractivity contribution in [3.8, 4) is 11.1 Å². The lowest BCUT2D eigenvalue weighted by atomic mass is 9.81. The average Bonchev–Trinajstić information content (AvgIpc) is 3.06. The summed E-state index contributed by atoms with van der Waals surface area (Å²) >= 11 is 0. The summed E-state index contributed by atoms with van der Waals surface area (Å²) in [7, 11) is 1.87. The van der Waals surface area contributed by atoms with Gasteiger partial charge in [0.2, 0.25) is 5.91 Å². The molecule has 0 saturated heterocycles. The van der Waals surface area contributed by atoms with E-state index < -0.39 is 11.9 Å². The first kappa shape index (κ1) is 17.2. The molecule has 0 aliphatic heterocycles. The lowest BCUT2D eigenvalue weighted by Crippen LogP contribution is -2.35. The van der Waals surface area contributed by atoms with Crippen molar-refractivity contribution in [1.82, 2.24) is 15.1 Å². The highest BCUT2D eigenvalue weighted by Gasteiger charge is 2.30. The molecule has 3 rings (SSSR count). The first-order valence-electron chi connectivity index (χ1n) is 8.62. The molecular weight excluding hydrogens is 318 g/mol. The monoisotopic (exact) mass is 341 g/mol. The van der Waals surface area contributed by atoms with Crippen LogP contribution >= 0.6 is 0 Å². The van der Waals surface area contributed by atoms with Crippen LogP contribution in [0.25, 0.3) is 11.1 Å². The van der Waals surface area contributed by atoms with Crippen LogP contribution in [0.4, 0.5) is 0 Å². The fraction of sp³-hybridized carbons (Fsp3) is 0.421. The average molecular weight is 341 g/mol. The van der Waals surface area contributed by atoms with E-state index in [1.165, 1.54) is 0 Å². The Bertz CT molecular complexity index is 769. The van der Waals surface area contributed by atoms with Gasteiger partial charge in [-0.15, -0.1) is 0 Å². The number of amides is 1. The normalized spacial score (nSPS) is 20.2. The van der Waals surface area contributed by atoms with Crippen molar-refractivity contribution >= 4 is 11.9 Å². The second kappa shape index (κ2) is 7.51. The standard InChI is InChI=1S/C19H23N3O3/c1-22-12-16(11-21-22)17-8-3-2-5-15(17)10-20-18(23)13-6-4-7-14(9-13)19(24)25/h2-3,5,8,11-14H,4,6-7,9-10H2,1H3,(H,20,23)(H,24,25). The van der Waals surface area contributed by atoms with Crippen LogP contribution in [0.5, 0.6) is 0 Å². The molecule has 2 aromatic rings. The number of aryl methyl sites for hydroxylation is 1. The summed E-state index contributed by atoms with van der Waals surface area (Å²) in [6, 6.07) is 7.91. The van der Waals surface area contributed by atoms with Crippen molar-refractivity contribution in [2.45, 2.75) is 32.2 Å². The van der Waals surface area contributed by atoms with Gasteiger partial charge >= 0.3 is 5.97 Å². The SMILES string of the molecule is Cn1cc(-c2ccccc2CNC(=O)C2CCCC(C(=O)O)C2)cn1. The molecule has 1 aromatic heterocycles. The van der Waals surface area contributed by atoms with E-state index in [0.29, 0.717) is 19.4 Å². The largest absolute Gasteiger partial charge is 0.481 e. The van der Waals surface area contributed by atoms with Gasteiger partial charge in [-0.05, 0) is 30.4 Å². The number of carbonyl (C=O) groups excluding carboxylic acids is 1. The van der Waals surface area contributed by atoms with E-state index in [1.54, 1.807) is 10.9 Å². The van der Waals surface area contributed by atoms with E-state index in [4.69, 9.17) is 0 Å². The summed E-state index contributed by atoms with van der Waals surface area (Å²) in [6.07, 6.45) is 6.41. The van der Waals surface area contributed by atoms with Gasteiger partial charge in [-0.25, -0.2) is 0 Å². The van der Waals surface area contributed by atoms with Gasteiger partial charge in [0.1, 0.15) is 0 Å². The number of carboxylic acids is 1. The number of nitrogens with one attached hydrogen (secondary N) is 1. The van der Waals surface area contributed by atoms with E-state index in [2.05, 4.69) is 10.4 Å². The van der Waals surface area contributed by atoms with Crippen molar-refractivity contribution in [3.63, 3.8) is 0 Å². The Morgan fingerprint density at radius 1 is 1.28 bits per heavy atom. The molecule has 1 amide bonds. The predicted molar refractivity (Wildman–Crippen MR) is 93.6 cm³/mol. The van der Waals surface area contributed by atoms with Gasteiger partial charge in [0.05, 0.1) is 12.1 Å². The molecule has 0 bridgehead atoms. The maximum Gasteiger partial charge on any atom is 0.306 e. The summed E-state index contributed by atoms with van der Waals surface area (Å²) in [5.74, 6) is -1.45. The predicted octanol–water partition coefficient (Wildman–Crippen LogP) is 2.59. The van der Waals surface area contributed by atoms with Crippen LogP contribution < -0.4 is 5.32 Å². The van der Waals surface area contributed by atoms with E-state index in [-0.39, 0.29) is 11.8 Å². The Hall–Kier alpha value is -2.63. The number of aliphatic carboxylic acids is 1. The van der Waals surface area contributed by atoms with E-state index >= 15 is 0 Å². The van der Waals surface area contributed by atoms with E-state index in [1.807, 2.05) is 37.5 Å². The quantitative estimate of drug-likeness (QED) is 0.875. The lowest BCUT2D eigenvalue weighted by molar-refractivity contribution is -0.144. The molecule has 1 heterocycles. The Morgan fingerprint density at radius 2 is 2.04 bits per heavy atom. The van der Waals surface area contributed by atoms with Gasteiger partial charge in [-0.1, -0.05) is 30.7 Å². The molecule has 1 aliphatic carbocycles. The minimum Gasteiger partial charge on any atom is -0.481 e. The number of rotatable bonds is 5. The van der Waals surface area contributed by atoms with Crippen LogP contribution in [0.2, 0.25) is 0 Å². The number of benzene rings is 1. The highest BCUT2D eigenvalue weighted by Crippen LogP contribution is 2.29. The van der Waals surface area contributed by atoms with Gasteiger partial charge in [0.25, 0.3) is 0 Å². The number of hydrogen-bond acceptors (Lipinski definition) is 3. The first-order chi connectivity index (χ1) is 12.0. The number of aromatic nitrogens is 2. The van der Waals surface area contributed by atoms with Gasteiger partial charge in [-0.2, -0.15) is 5.10 Å². The van der Waals surface area contributed by atoms with Crippen LogP contribution in [0.3, 0.4) is 0 Å². The van der Waals surface area contributed by atoms with E-state index in [0.717, 1.165) is 29.5 Å². The molecule has 1 fully saturated rings. The first-order valence-corrected chi connectivity index (χ1v) is 8.62. The molecule has 1 saturated carbocycles. The zero-order valence-corrected chi connectivity index (χ0v) is 14.3. The zero-order chi connectivity index (χ0) is 17.8. The number of nitrogens with zero attached hydrogens (tertiary/aromatic N) is 2. The third-order valence-corrected chi connectivity index (χ3v) is 4.88. The number of hydrogen-bond donors (Lipinski definition) is 2. The molecule has 1 aliphatic rings. The second-order valence-electron chi connectivity index (χ2n) is 6.68. The molecule has 132 valence electrons. The molecule has 0 spiro atoms. The third kappa shape index (κ3) is 4.07. The van der Waals surface area contributed by atoms with Crippen molar-refractivity contribution in [2.24, 2.45) is 18.9 Å². The summed E-state index contributed by atoms with van der Waals surface area (Å²) in [5, 5.41) is 16.4. The maximum absolute atomic E-state index is 12.5. The third-order valence-electron chi connectivity index (χ3n) is 4.88. The Labute approximate surface area is 146 Å². The minimum atomic E-state index is -0.792. The van der Waals surface area contributed by atoms with E-state index in [9.17, 15) is 14.7 Å². The number of carbonyl (C=O) groups is 2. The minimum absolute atomic E-state index is 0.0491. The summed E-state index contributed by atoms with van der Waals surface area (Å²) in [4.78, 5) is 23.6.